The molecule has 1 saturated heterocycles. The Morgan fingerprint density at radius 1 is 1.27 bits per heavy atom. The van der Waals surface area contributed by atoms with Crippen LogP contribution in [0.25, 0.3) is 0 Å². The van der Waals surface area contributed by atoms with Crippen molar-refractivity contribution in [1.29, 1.82) is 0 Å². The lowest BCUT2D eigenvalue weighted by Gasteiger charge is -2.30. The first-order valence-electron chi connectivity index (χ1n) is 7.66. The Kier molecular flexibility index (Phi) is 7.10. The summed E-state index contributed by atoms with van der Waals surface area (Å²) in [5, 5.41) is 3.32. The zero-order valence-electron chi connectivity index (χ0n) is 13.8. The van der Waals surface area contributed by atoms with Crippen LogP contribution in [-0.4, -0.2) is 43.2 Å². The number of ether oxygens (including phenoxy) is 1. The summed E-state index contributed by atoms with van der Waals surface area (Å²) in [5.74, 6) is 0.744. The maximum absolute atomic E-state index is 12.5. The summed E-state index contributed by atoms with van der Waals surface area (Å²) < 4.78 is 5.44. The van der Waals surface area contributed by atoms with Crippen molar-refractivity contribution < 1.29 is 9.53 Å². The molecule has 0 bridgehead atoms. The third-order valence-electron chi connectivity index (χ3n) is 3.55. The summed E-state index contributed by atoms with van der Waals surface area (Å²) in [7, 11) is 0. The third-order valence-corrected chi connectivity index (χ3v) is 3.55. The summed E-state index contributed by atoms with van der Waals surface area (Å²) in [4.78, 5) is 19.2. The number of anilines is 1. The van der Waals surface area contributed by atoms with E-state index in [2.05, 4.69) is 29.0 Å². The van der Waals surface area contributed by atoms with Crippen LogP contribution < -0.4 is 10.2 Å². The first-order valence-corrected chi connectivity index (χ1v) is 7.66. The highest BCUT2D eigenvalue weighted by Gasteiger charge is 2.25. The van der Waals surface area contributed by atoms with Gasteiger partial charge in [0, 0.05) is 32.4 Å². The minimum absolute atomic E-state index is 0. The number of rotatable bonds is 4. The van der Waals surface area contributed by atoms with Gasteiger partial charge in [0.25, 0.3) is 0 Å². The van der Waals surface area contributed by atoms with Gasteiger partial charge in [-0.15, -0.1) is 12.4 Å². The van der Waals surface area contributed by atoms with Crippen LogP contribution in [0.3, 0.4) is 0 Å². The number of hydrogen-bond donors (Lipinski definition) is 1. The van der Waals surface area contributed by atoms with Crippen molar-refractivity contribution in [2.24, 2.45) is 0 Å². The highest BCUT2D eigenvalue weighted by Crippen LogP contribution is 2.28. The van der Waals surface area contributed by atoms with Crippen molar-refractivity contribution in [3.63, 3.8) is 0 Å². The normalized spacial score (nSPS) is 14.9. The van der Waals surface area contributed by atoms with Gasteiger partial charge in [0.2, 0.25) is 0 Å². The number of piperazine rings is 1. The lowest BCUT2D eigenvalue weighted by Crippen LogP contribution is -2.44. The molecular formula is C16H26ClN3O2. The molecule has 2 rings (SSSR count). The van der Waals surface area contributed by atoms with E-state index in [-0.39, 0.29) is 30.4 Å². The van der Waals surface area contributed by atoms with Gasteiger partial charge in [-0.3, -0.25) is 0 Å². The second-order valence-corrected chi connectivity index (χ2v) is 5.94. The minimum atomic E-state index is -0.268. The number of halogens is 1. The monoisotopic (exact) mass is 327 g/mol. The molecule has 1 fully saturated rings. The molecule has 2 heterocycles. The first kappa shape index (κ1) is 18.7. The maximum atomic E-state index is 12.5. The lowest BCUT2D eigenvalue weighted by molar-refractivity contribution is 0.0376. The molecule has 1 aliphatic rings. The number of carbonyl (C=O) groups is 1. The molecular weight excluding hydrogens is 302 g/mol. The fourth-order valence-corrected chi connectivity index (χ4v) is 2.54. The number of carbonyl (C=O) groups excluding carboxylic acids is 1. The highest BCUT2D eigenvalue weighted by atomic mass is 35.5. The van der Waals surface area contributed by atoms with Crippen molar-refractivity contribution in [2.75, 3.05) is 31.1 Å². The molecule has 1 N–H and O–H groups in total. The molecule has 1 aromatic rings. The van der Waals surface area contributed by atoms with Gasteiger partial charge in [-0.2, -0.15) is 0 Å². The standard InChI is InChI=1S/C16H25N3O2.ClH/c1-11(2)13-5-6-18-15(19-9-7-17-8-10-19)14(13)16(20)21-12(3)4;/h5-6,11-12,17H,7-10H2,1-4H3;1H. The Bertz CT molecular complexity index is 500. The number of hydrogen-bond acceptors (Lipinski definition) is 5. The van der Waals surface area contributed by atoms with E-state index in [9.17, 15) is 4.79 Å². The molecule has 1 aliphatic heterocycles. The van der Waals surface area contributed by atoms with Crippen molar-refractivity contribution in [2.45, 2.75) is 39.7 Å². The van der Waals surface area contributed by atoms with Gasteiger partial charge in [-0.05, 0) is 31.4 Å². The van der Waals surface area contributed by atoms with E-state index < -0.39 is 0 Å². The summed E-state index contributed by atoms with van der Waals surface area (Å²) in [6, 6.07) is 1.92. The molecule has 6 heteroatoms. The van der Waals surface area contributed by atoms with Gasteiger partial charge in [0.05, 0.1) is 6.10 Å². The van der Waals surface area contributed by atoms with Crippen molar-refractivity contribution in [1.82, 2.24) is 10.3 Å². The van der Waals surface area contributed by atoms with Gasteiger partial charge in [-0.1, -0.05) is 13.8 Å². The number of esters is 1. The van der Waals surface area contributed by atoms with E-state index in [1.54, 1.807) is 6.20 Å². The molecule has 5 nitrogen and oxygen atoms in total. The maximum Gasteiger partial charge on any atom is 0.342 e. The fourth-order valence-electron chi connectivity index (χ4n) is 2.54. The zero-order chi connectivity index (χ0) is 15.4. The van der Waals surface area contributed by atoms with Crippen molar-refractivity contribution >= 4 is 24.2 Å². The van der Waals surface area contributed by atoms with E-state index in [0.717, 1.165) is 37.6 Å². The average molecular weight is 328 g/mol. The smallest absolute Gasteiger partial charge is 0.342 e. The van der Waals surface area contributed by atoms with Crippen LogP contribution in [0.15, 0.2) is 12.3 Å². The quantitative estimate of drug-likeness (QED) is 0.861. The number of nitrogens with zero attached hydrogens (tertiary/aromatic N) is 2. The van der Waals surface area contributed by atoms with Gasteiger partial charge in [0.15, 0.2) is 0 Å². The van der Waals surface area contributed by atoms with Gasteiger partial charge in [0.1, 0.15) is 11.4 Å². The second kappa shape index (κ2) is 8.34. The number of aromatic nitrogens is 1. The number of nitrogens with one attached hydrogen (secondary N) is 1. The molecule has 124 valence electrons. The Balaban J connectivity index is 0.00000242. The van der Waals surface area contributed by atoms with E-state index in [0.29, 0.717) is 5.56 Å². The van der Waals surface area contributed by atoms with E-state index >= 15 is 0 Å². The Hall–Kier alpha value is -1.33. The summed E-state index contributed by atoms with van der Waals surface area (Å²) >= 11 is 0. The van der Waals surface area contributed by atoms with Crippen molar-refractivity contribution in [3.05, 3.63) is 23.4 Å². The molecule has 1 aromatic heterocycles. The lowest BCUT2D eigenvalue weighted by atomic mass is 9.98. The van der Waals surface area contributed by atoms with Crippen LogP contribution >= 0.6 is 12.4 Å². The molecule has 0 unspecified atom stereocenters. The Morgan fingerprint density at radius 2 is 1.91 bits per heavy atom. The predicted molar refractivity (Wildman–Crippen MR) is 91.2 cm³/mol. The second-order valence-electron chi connectivity index (χ2n) is 5.94. The number of pyridine rings is 1. The molecule has 0 radical (unpaired) electrons. The summed E-state index contributed by atoms with van der Waals surface area (Å²) in [5.41, 5.74) is 1.63. The van der Waals surface area contributed by atoms with Crippen LogP contribution in [-0.2, 0) is 4.74 Å². The Morgan fingerprint density at radius 3 is 2.45 bits per heavy atom. The average Bonchev–Trinajstić information content (AvgIpc) is 2.46. The van der Waals surface area contributed by atoms with Gasteiger partial charge in [-0.25, -0.2) is 9.78 Å². The molecule has 0 saturated carbocycles. The molecule has 0 aliphatic carbocycles. The van der Waals surface area contributed by atoms with Crippen LogP contribution in [0.5, 0.6) is 0 Å². The highest BCUT2D eigenvalue weighted by molar-refractivity contribution is 5.96. The molecule has 22 heavy (non-hydrogen) atoms. The minimum Gasteiger partial charge on any atom is -0.459 e. The third kappa shape index (κ3) is 4.34. The van der Waals surface area contributed by atoms with E-state index in [1.165, 1.54) is 0 Å². The van der Waals surface area contributed by atoms with Crippen LogP contribution in [0.1, 0.15) is 49.5 Å². The van der Waals surface area contributed by atoms with Gasteiger partial charge >= 0.3 is 5.97 Å². The largest absolute Gasteiger partial charge is 0.459 e. The van der Waals surface area contributed by atoms with Crippen LogP contribution in [0, 0.1) is 0 Å². The molecule has 0 atom stereocenters. The SMILES string of the molecule is CC(C)OC(=O)c1c(C(C)C)ccnc1N1CCNCC1.Cl. The van der Waals surface area contributed by atoms with Crippen molar-refractivity contribution in [3.8, 4) is 0 Å². The van der Waals surface area contributed by atoms with Crippen LogP contribution in [0.2, 0.25) is 0 Å². The molecule has 0 amide bonds. The van der Waals surface area contributed by atoms with Crippen LogP contribution in [0.4, 0.5) is 5.82 Å². The Labute approximate surface area is 138 Å². The summed E-state index contributed by atoms with van der Waals surface area (Å²) in [6.07, 6.45) is 1.66. The topological polar surface area (TPSA) is 54.5 Å². The molecule has 0 aromatic carbocycles. The van der Waals surface area contributed by atoms with E-state index in [1.807, 2.05) is 19.9 Å². The van der Waals surface area contributed by atoms with Gasteiger partial charge < -0.3 is 15.0 Å². The summed E-state index contributed by atoms with van der Waals surface area (Å²) in [6.45, 7) is 11.4. The molecule has 0 spiro atoms. The predicted octanol–water partition coefficient (Wildman–Crippen LogP) is 2.60. The zero-order valence-corrected chi connectivity index (χ0v) is 14.6. The van der Waals surface area contributed by atoms with E-state index in [4.69, 9.17) is 4.74 Å². The fraction of sp³-hybridized carbons (Fsp3) is 0.625. The first-order chi connectivity index (χ1) is 10.0.